The van der Waals surface area contributed by atoms with Gasteiger partial charge in [-0.1, -0.05) is 14.4 Å². The Morgan fingerprint density at radius 1 is 0.828 bits per heavy atom. The van der Waals surface area contributed by atoms with Gasteiger partial charge in [-0.2, -0.15) is 8.42 Å². The molecule has 0 aliphatic carbocycles. The third kappa shape index (κ3) is 12.3. The van der Waals surface area contributed by atoms with E-state index in [4.69, 9.17) is 16.7 Å². The van der Waals surface area contributed by atoms with E-state index in [1.807, 2.05) is 27.7 Å². The molecule has 0 aromatic carbocycles. The van der Waals surface area contributed by atoms with Crippen molar-refractivity contribution in [3.8, 4) is 0 Å². The lowest BCUT2D eigenvalue weighted by Gasteiger charge is -2.26. The zero-order valence-corrected chi connectivity index (χ0v) is 19.0. The number of hydrogen-bond donors (Lipinski definition) is 0. The van der Waals surface area contributed by atoms with Crippen LogP contribution in [0, 0.1) is 0 Å². The fourth-order valence-electron chi connectivity index (χ4n) is 2.30. The molecule has 0 aromatic rings. The molecule has 3 aliphatic heterocycles. The van der Waals surface area contributed by atoms with Gasteiger partial charge in [0.05, 0.1) is 31.5 Å². The SMILES string of the molecule is C.C=S1(=O)OC(C)CC(C)O1.C=S1(=O)OCCC(C)O1.CCC1COS(=O)(=O)O1. The minimum absolute atomic E-state index is 0. The Morgan fingerprint density at radius 3 is 1.62 bits per heavy atom. The van der Waals surface area contributed by atoms with Gasteiger partial charge in [-0.05, 0) is 33.6 Å². The number of hydrogen-bond acceptors (Lipinski definition) is 10. The molecular weight excluding hydrogens is 448 g/mol. The molecule has 29 heavy (non-hydrogen) atoms. The standard InChI is InChI=1S/C6H12O3S.C5H10O3S.C4H8O4S.CH4/c1-5-4-6(2)9-10(3,7)8-5;1-5-3-4-7-9(2,6)8-5;1-2-4-3-7-9(5,6)8-4;/h5-6H,3-4H2,1-2H3;5H,2-4H2,1H3;4H,2-3H2,1H3;1H4. The summed E-state index contributed by atoms with van der Waals surface area (Å²) in [6.45, 7) is 8.08. The fourth-order valence-corrected chi connectivity index (χ4v) is 5.41. The summed E-state index contributed by atoms with van der Waals surface area (Å²) in [7, 11) is -8.92. The minimum Gasteiger partial charge on any atom is -0.278 e. The van der Waals surface area contributed by atoms with Gasteiger partial charge in [0, 0.05) is 18.2 Å². The average Bonchev–Trinajstić information content (AvgIpc) is 2.84. The molecule has 0 radical (unpaired) electrons. The second-order valence-electron chi connectivity index (χ2n) is 6.50. The Labute approximate surface area is 176 Å². The molecule has 0 saturated carbocycles. The van der Waals surface area contributed by atoms with Crippen LogP contribution in [0.1, 0.15) is 54.4 Å². The van der Waals surface area contributed by atoms with Gasteiger partial charge in [-0.15, -0.1) is 0 Å². The molecule has 10 nitrogen and oxygen atoms in total. The zero-order chi connectivity index (χ0) is 21.6. The van der Waals surface area contributed by atoms with Gasteiger partial charge in [-0.25, -0.2) is 16.8 Å². The first kappa shape index (κ1) is 28.8. The quantitative estimate of drug-likeness (QED) is 0.511. The Kier molecular flexibility index (Phi) is 11.9. The van der Waals surface area contributed by atoms with Crippen LogP contribution in [0.3, 0.4) is 0 Å². The summed E-state index contributed by atoms with van der Waals surface area (Å²) in [5, 5.41) is 0. The Hall–Kier alpha value is -0.250. The molecule has 3 saturated heterocycles. The second kappa shape index (κ2) is 12.0. The van der Waals surface area contributed by atoms with Gasteiger partial charge < -0.3 is 0 Å². The summed E-state index contributed by atoms with van der Waals surface area (Å²) in [6.07, 6.45) is 1.99. The molecule has 3 aliphatic rings. The van der Waals surface area contributed by atoms with Crippen LogP contribution in [0.5, 0.6) is 0 Å². The van der Waals surface area contributed by atoms with E-state index < -0.39 is 30.6 Å². The van der Waals surface area contributed by atoms with Crippen molar-refractivity contribution in [3.63, 3.8) is 0 Å². The van der Waals surface area contributed by atoms with Gasteiger partial charge in [0.15, 0.2) is 20.2 Å². The molecule has 0 N–H and O–H groups in total. The Bertz CT molecular complexity index is 773. The van der Waals surface area contributed by atoms with Gasteiger partial charge in [-0.3, -0.25) is 16.7 Å². The van der Waals surface area contributed by atoms with Crippen LogP contribution in [-0.2, 0) is 55.7 Å². The van der Waals surface area contributed by atoms with E-state index in [-0.39, 0.29) is 38.4 Å². The first-order chi connectivity index (χ1) is 12.7. The normalized spacial score (nSPS) is 41.0. The fraction of sp³-hybridized carbons (Fsp3) is 0.875. The molecule has 5 unspecified atom stereocenters. The molecule has 0 bridgehead atoms. The molecule has 0 spiro atoms. The van der Waals surface area contributed by atoms with Crippen molar-refractivity contribution < 1.29 is 41.9 Å². The van der Waals surface area contributed by atoms with Crippen molar-refractivity contribution in [2.45, 2.75) is 78.8 Å². The maximum Gasteiger partial charge on any atom is 0.400 e. The van der Waals surface area contributed by atoms with Gasteiger partial charge >= 0.3 is 10.4 Å². The molecule has 3 heterocycles. The van der Waals surface area contributed by atoms with Gasteiger partial charge in [0.2, 0.25) is 0 Å². The highest BCUT2D eigenvalue weighted by Crippen LogP contribution is 2.18. The second-order valence-corrected chi connectivity index (χ2v) is 10.8. The van der Waals surface area contributed by atoms with Crippen molar-refractivity contribution in [1.82, 2.24) is 0 Å². The van der Waals surface area contributed by atoms with Gasteiger partial charge in [0.25, 0.3) is 0 Å². The van der Waals surface area contributed by atoms with Crippen molar-refractivity contribution in [1.29, 1.82) is 0 Å². The Balaban J connectivity index is 0.000000399. The van der Waals surface area contributed by atoms with E-state index >= 15 is 0 Å². The lowest BCUT2D eigenvalue weighted by molar-refractivity contribution is 0.0751. The third-order valence-corrected chi connectivity index (χ3v) is 6.81. The summed E-state index contributed by atoms with van der Waals surface area (Å²) in [6, 6.07) is 0. The van der Waals surface area contributed by atoms with Crippen LogP contribution >= 0.6 is 0 Å². The van der Waals surface area contributed by atoms with E-state index in [1.54, 1.807) is 0 Å². The minimum atomic E-state index is -3.61. The zero-order valence-electron chi connectivity index (χ0n) is 16.6. The van der Waals surface area contributed by atoms with Crippen LogP contribution in [0.4, 0.5) is 0 Å². The number of rotatable bonds is 1. The molecule has 13 heteroatoms. The predicted molar refractivity (Wildman–Crippen MR) is 114 cm³/mol. The van der Waals surface area contributed by atoms with Crippen LogP contribution in [0.2, 0.25) is 0 Å². The van der Waals surface area contributed by atoms with E-state index in [2.05, 4.69) is 20.1 Å². The molecule has 176 valence electrons. The van der Waals surface area contributed by atoms with E-state index in [0.717, 1.165) is 12.8 Å². The Morgan fingerprint density at radius 2 is 1.34 bits per heavy atom. The predicted octanol–water partition coefficient (Wildman–Crippen LogP) is 1.80. The first-order valence-electron chi connectivity index (χ1n) is 8.74. The molecule has 0 aromatic heterocycles. The highest BCUT2D eigenvalue weighted by atomic mass is 32.3. The maximum atomic E-state index is 11.1. The molecule has 3 rings (SSSR count). The summed E-state index contributed by atoms with van der Waals surface area (Å²) >= 11 is 0. The van der Waals surface area contributed by atoms with Crippen molar-refractivity contribution in [2.75, 3.05) is 13.2 Å². The summed E-state index contributed by atoms with van der Waals surface area (Å²) in [4.78, 5) is 0. The summed E-state index contributed by atoms with van der Waals surface area (Å²) in [5.74, 6) is 6.58. The average molecular weight is 483 g/mol. The van der Waals surface area contributed by atoms with Gasteiger partial charge in [0.1, 0.15) is 6.10 Å². The lowest BCUT2D eigenvalue weighted by atomic mass is 10.2. The third-order valence-electron chi connectivity index (χ3n) is 3.49. The van der Waals surface area contributed by atoms with E-state index in [1.165, 1.54) is 0 Å². The van der Waals surface area contributed by atoms with Crippen molar-refractivity contribution in [2.24, 2.45) is 0 Å². The molecule has 0 amide bonds. The van der Waals surface area contributed by atoms with Crippen LogP contribution in [-0.4, -0.2) is 66.2 Å². The summed E-state index contributed by atoms with van der Waals surface area (Å²) in [5.41, 5.74) is 0. The van der Waals surface area contributed by atoms with Crippen LogP contribution < -0.4 is 0 Å². The van der Waals surface area contributed by atoms with Crippen LogP contribution in [0.25, 0.3) is 0 Å². The first-order valence-corrected chi connectivity index (χ1v) is 13.2. The molecule has 5 atom stereocenters. The highest BCUT2D eigenvalue weighted by molar-refractivity contribution is 7.91. The topological polar surface area (TPSA) is 124 Å². The maximum absolute atomic E-state index is 11.1. The molecular formula is C16H34O10S3. The monoisotopic (exact) mass is 482 g/mol. The highest BCUT2D eigenvalue weighted by Gasteiger charge is 2.28. The van der Waals surface area contributed by atoms with Crippen LogP contribution in [0.15, 0.2) is 0 Å². The largest absolute Gasteiger partial charge is 0.400 e. The smallest absolute Gasteiger partial charge is 0.278 e. The lowest BCUT2D eigenvalue weighted by Crippen LogP contribution is -2.31. The van der Waals surface area contributed by atoms with Crippen molar-refractivity contribution >= 4 is 42.3 Å². The van der Waals surface area contributed by atoms with E-state index in [9.17, 15) is 16.8 Å². The summed E-state index contributed by atoms with van der Waals surface area (Å²) < 4.78 is 70.9. The molecule has 3 fully saturated rings. The van der Waals surface area contributed by atoms with E-state index in [0.29, 0.717) is 13.0 Å². The van der Waals surface area contributed by atoms with Crippen molar-refractivity contribution in [3.05, 3.63) is 0 Å².